The standard InChI is InChI=1S/C65H58BN4S.C13H11FN.Ir/c1-62(2,3)38-22-25-51-45(30-38)46-31-40(64(7,8)9)32-47-59(46)68(51)54-28-37(36-21-24-49-53(27-36)70-50-20-16-15-18-43(50)42-17-13-14-19-44(42)61(70)67-49)29-55-58(54)66(47)48-33-41(65(10,11)12)35-57-60(48)69(55)52-26-23-39(63(4,5)6)34-56(52)71-57;1-9-7-13(15-8-10(9)2)11-3-5-12(14)6-4-11;/h13-18,20-35H,1-12H3;3,5-8H,1-2H3;/q2*-1;. The number of hydrogen-bond donors (Lipinski definition) is 0. The van der Waals surface area contributed by atoms with E-state index in [1.165, 1.54) is 127 Å². The van der Waals surface area contributed by atoms with Crippen LogP contribution < -0.4 is 21.3 Å². The van der Waals surface area contributed by atoms with E-state index in [-0.39, 0.29) is 54.3 Å². The second-order valence-electron chi connectivity index (χ2n) is 28.4. The molecule has 3 aliphatic heterocycles. The van der Waals surface area contributed by atoms with Gasteiger partial charge >= 0.3 is 0 Å². The summed E-state index contributed by atoms with van der Waals surface area (Å²) in [6.07, 6.45) is 1.82. The summed E-state index contributed by atoms with van der Waals surface area (Å²) in [5.41, 5.74) is 27.6. The van der Waals surface area contributed by atoms with Crippen LogP contribution >= 0.6 is 11.8 Å². The molecule has 3 aliphatic rings. The largest absolute Gasteiger partial charge is 0.333 e. The number of halogens is 1. The van der Waals surface area contributed by atoms with Crippen LogP contribution in [-0.2, 0) is 41.8 Å². The van der Waals surface area contributed by atoms with E-state index in [2.05, 4.69) is 241 Å². The first kappa shape index (κ1) is 57.0. The number of anilines is 3. The Kier molecular flexibility index (Phi) is 13.0. The quantitative estimate of drug-likeness (QED) is 0.0982. The maximum atomic E-state index is 12.7. The van der Waals surface area contributed by atoms with Gasteiger partial charge in [-0.15, -0.1) is 59.5 Å². The Bertz CT molecular complexity index is 5060. The van der Waals surface area contributed by atoms with Gasteiger partial charge in [0, 0.05) is 75.1 Å². The minimum atomic E-state index is -0.275. The zero-order valence-corrected chi connectivity index (χ0v) is 55.2. The van der Waals surface area contributed by atoms with Gasteiger partial charge in [0.15, 0.2) is 0 Å². The molecule has 16 rings (SSSR count). The Balaban J connectivity index is 0.000000365. The summed E-state index contributed by atoms with van der Waals surface area (Å²) < 4.78 is 17.7. The van der Waals surface area contributed by atoms with Crippen molar-refractivity contribution in [2.75, 3.05) is 4.90 Å². The molecule has 9 aromatic carbocycles. The molecule has 7 heterocycles. The number of fused-ring (bicyclic) bond motifs is 17. The maximum absolute atomic E-state index is 12.7. The number of nitrogens with zero attached hydrogens (tertiary/aromatic N) is 5. The first-order valence-corrected chi connectivity index (χ1v) is 31.1. The molecule has 0 fully saturated rings. The fraction of sp³-hybridized carbons (Fsp3) is 0.231. The molecule has 0 unspecified atom stereocenters. The predicted molar refractivity (Wildman–Crippen MR) is 363 cm³/mol. The van der Waals surface area contributed by atoms with Gasteiger partial charge in [0.05, 0.1) is 33.6 Å². The Morgan fingerprint density at radius 3 is 1.94 bits per heavy atom. The minimum absolute atomic E-state index is 0. The molecular formula is C78H69BFIrN5S-2. The maximum Gasteiger partial charge on any atom is 0.252 e. The Labute approximate surface area is 528 Å². The van der Waals surface area contributed by atoms with Gasteiger partial charge in [-0.3, -0.25) is 9.37 Å². The monoisotopic (exact) mass is 1330 g/mol. The van der Waals surface area contributed by atoms with Crippen LogP contribution in [0.25, 0.3) is 88.2 Å². The molecule has 0 N–H and O–H groups in total. The first-order chi connectivity index (χ1) is 40.9. The number of pyridine rings is 2. The van der Waals surface area contributed by atoms with Crippen LogP contribution in [0.5, 0.6) is 0 Å². The Hall–Kier alpha value is -7.81. The number of aryl methyl sites for hydroxylation is 2. The molecule has 433 valence electrons. The van der Waals surface area contributed by atoms with Crippen LogP contribution in [0.1, 0.15) is 116 Å². The Morgan fingerprint density at radius 1 is 0.529 bits per heavy atom. The van der Waals surface area contributed by atoms with Crippen LogP contribution in [-0.4, -0.2) is 25.6 Å². The molecule has 0 saturated carbocycles. The van der Waals surface area contributed by atoms with E-state index in [1.807, 2.05) is 43.9 Å². The summed E-state index contributed by atoms with van der Waals surface area (Å²) in [5, 5.41) is 6.08. The minimum Gasteiger partial charge on any atom is -0.333 e. The first-order valence-electron chi connectivity index (χ1n) is 30.3. The van der Waals surface area contributed by atoms with Crippen LogP contribution in [0.2, 0.25) is 0 Å². The van der Waals surface area contributed by atoms with Gasteiger partial charge in [-0.25, -0.2) is 0 Å². The van der Waals surface area contributed by atoms with Gasteiger partial charge in [-0.05, 0) is 169 Å². The van der Waals surface area contributed by atoms with E-state index < -0.39 is 0 Å². The average molecular weight is 1330 g/mol. The number of benzene rings is 9. The zero-order valence-electron chi connectivity index (χ0n) is 52.0. The van der Waals surface area contributed by atoms with E-state index >= 15 is 0 Å². The fourth-order valence-electron chi connectivity index (χ4n) is 13.6. The van der Waals surface area contributed by atoms with Crippen LogP contribution in [0.15, 0.2) is 174 Å². The molecule has 13 aromatic rings. The molecule has 0 atom stereocenters. The number of para-hydroxylation sites is 1. The summed E-state index contributed by atoms with van der Waals surface area (Å²) in [4.78, 5) is 14.9. The second-order valence-corrected chi connectivity index (χ2v) is 29.5. The molecule has 1 radical (unpaired) electrons. The molecule has 0 saturated heterocycles. The summed E-state index contributed by atoms with van der Waals surface area (Å²) in [6, 6.07) is 64.6. The SMILES string of the molecule is CC(C)(C)c1ccc2c(c1)Sc1cc(C(C)(C)C)cc3c1N2c1cc(-c2ccc4nc5c6[c-]cccc6c6ccccc6n5c4c2)cc2c1B3c1cc(C(C)(C)C)cc3c4cc(C(C)(C)C)ccc4n-2c13.Cc1cnc(-c2[c-]cc(F)cc2)cc1C.[Ir]. The summed E-state index contributed by atoms with van der Waals surface area (Å²) in [5.74, 6) is -0.275. The predicted octanol–water partition coefficient (Wildman–Crippen LogP) is 18.9. The van der Waals surface area contributed by atoms with Crippen molar-refractivity contribution in [1.29, 1.82) is 0 Å². The van der Waals surface area contributed by atoms with Gasteiger partial charge in [-0.2, -0.15) is 0 Å². The molecule has 0 spiro atoms. The van der Waals surface area contributed by atoms with Crippen molar-refractivity contribution in [3.05, 3.63) is 215 Å². The molecule has 5 nitrogen and oxygen atoms in total. The molecule has 9 heteroatoms. The molecule has 4 aromatic heterocycles. The number of rotatable bonds is 2. The molecule has 87 heavy (non-hydrogen) atoms. The van der Waals surface area contributed by atoms with Crippen LogP contribution in [0.3, 0.4) is 0 Å². The summed E-state index contributed by atoms with van der Waals surface area (Å²) in [6.45, 7) is 32.3. The Morgan fingerprint density at radius 2 is 1.21 bits per heavy atom. The van der Waals surface area contributed by atoms with Gasteiger partial charge < -0.3 is 18.9 Å². The third-order valence-corrected chi connectivity index (χ3v) is 19.6. The van der Waals surface area contributed by atoms with E-state index in [0.717, 1.165) is 50.0 Å². The van der Waals surface area contributed by atoms with Crippen molar-refractivity contribution in [2.24, 2.45) is 0 Å². The molecule has 0 amide bonds. The topological polar surface area (TPSA) is 38.4 Å². The van der Waals surface area contributed by atoms with Crippen molar-refractivity contribution < 1.29 is 24.5 Å². The molecule has 0 aliphatic carbocycles. The van der Waals surface area contributed by atoms with Gasteiger partial charge in [0.2, 0.25) is 0 Å². The van der Waals surface area contributed by atoms with E-state index in [4.69, 9.17) is 4.98 Å². The molecular weight excluding hydrogens is 1260 g/mol. The third kappa shape index (κ3) is 9.03. The smallest absolute Gasteiger partial charge is 0.252 e. The second kappa shape index (κ2) is 19.9. The van der Waals surface area contributed by atoms with Gasteiger partial charge in [-0.1, -0.05) is 160 Å². The van der Waals surface area contributed by atoms with Gasteiger partial charge in [0.1, 0.15) is 0 Å². The third-order valence-electron chi connectivity index (χ3n) is 18.6. The van der Waals surface area contributed by atoms with Crippen LogP contribution in [0.4, 0.5) is 21.5 Å². The van der Waals surface area contributed by atoms with E-state index in [1.54, 1.807) is 6.07 Å². The van der Waals surface area contributed by atoms with Crippen molar-refractivity contribution >= 4 is 112 Å². The summed E-state index contributed by atoms with van der Waals surface area (Å²) >= 11 is 1.96. The average Bonchev–Trinajstić information content (AvgIpc) is 1.67. The van der Waals surface area contributed by atoms with Crippen LogP contribution in [0, 0.1) is 31.8 Å². The normalized spacial score (nSPS) is 13.5. The zero-order chi connectivity index (χ0) is 59.8. The van der Waals surface area contributed by atoms with E-state index in [0.29, 0.717) is 0 Å². The summed E-state index contributed by atoms with van der Waals surface area (Å²) in [7, 11) is 0. The van der Waals surface area contributed by atoms with Crippen molar-refractivity contribution in [3.63, 3.8) is 0 Å². The van der Waals surface area contributed by atoms with Crippen molar-refractivity contribution in [3.8, 4) is 28.1 Å². The fourth-order valence-corrected chi connectivity index (χ4v) is 14.7. The number of imidazole rings is 1. The van der Waals surface area contributed by atoms with E-state index in [9.17, 15) is 4.39 Å². The number of hydrogen-bond acceptors (Lipinski definition) is 4. The number of aromatic nitrogens is 4. The van der Waals surface area contributed by atoms with Crippen molar-refractivity contribution in [1.82, 2.24) is 18.9 Å². The van der Waals surface area contributed by atoms with Gasteiger partial charge in [0.25, 0.3) is 6.71 Å². The molecule has 0 bridgehead atoms. The van der Waals surface area contributed by atoms with Crippen molar-refractivity contribution in [2.45, 2.75) is 128 Å².